The van der Waals surface area contributed by atoms with Gasteiger partial charge in [-0.1, -0.05) is 40.9 Å². The second kappa shape index (κ2) is 3.64. The van der Waals surface area contributed by atoms with Crippen molar-refractivity contribution in [1.29, 1.82) is 0 Å². The highest BCUT2D eigenvalue weighted by Gasteiger charge is 1.91. The van der Waals surface area contributed by atoms with Crippen LogP contribution in [0.5, 0.6) is 0 Å². The Morgan fingerprint density at radius 2 is 2.27 bits per heavy atom. The number of benzene rings is 1. The van der Waals surface area contributed by atoms with Gasteiger partial charge in [0.15, 0.2) is 0 Å². The van der Waals surface area contributed by atoms with Crippen LogP contribution < -0.4 is 0 Å². The van der Waals surface area contributed by atoms with Crippen molar-refractivity contribution in [3.63, 3.8) is 0 Å². The summed E-state index contributed by atoms with van der Waals surface area (Å²) in [6.07, 6.45) is 0. The fourth-order valence-corrected chi connectivity index (χ4v) is 1.39. The van der Waals surface area contributed by atoms with Crippen molar-refractivity contribution in [3.05, 3.63) is 35.4 Å². The van der Waals surface area contributed by atoms with E-state index in [0.29, 0.717) is 0 Å². The molecule has 1 atom stereocenters. The van der Waals surface area contributed by atoms with Crippen LogP contribution in [0.4, 0.5) is 0 Å². The lowest BCUT2D eigenvalue weighted by Crippen LogP contribution is -1.92. The maximum absolute atomic E-state index is 10.3. The minimum atomic E-state index is -1.97. The van der Waals surface area contributed by atoms with E-state index in [-0.39, 0.29) is 5.75 Å². The highest BCUT2D eigenvalue weighted by molar-refractivity contribution is 7.78. The maximum atomic E-state index is 10.3. The van der Waals surface area contributed by atoms with E-state index in [1.54, 1.807) is 0 Å². The largest absolute Gasteiger partial charge is 0.772 e. The predicted molar refractivity (Wildman–Crippen MR) is 43.8 cm³/mol. The molecule has 0 aromatic heterocycles. The summed E-state index contributed by atoms with van der Waals surface area (Å²) in [6.45, 7) is 1.94. The van der Waals surface area contributed by atoms with Gasteiger partial charge in [0, 0.05) is 5.75 Å². The van der Waals surface area contributed by atoms with E-state index < -0.39 is 11.1 Å². The molecule has 0 radical (unpaired) electrons. The topological polar surface area (TPSA) is 40.1 Å². The Bertz CT molecular complexity index is 271. The molecule has 1 rings (SSSR count). The Kier molecular flexibility index (Phi) is 2.79. The molecule has 0 spiro atoms. The van der Waals surface area contributed by atoms with Crippen LogP contribution >= 0.6 is 0 Å². The Labute approximate surface area is 68.5 Å². The molecule has 11 heavy (non-hydrogen) atoms. The molecule has 0 aliphatic heterocycles. The standard InChI is InChI=1S/C8H10O2S/c1-7-3-2-4-8(5-7)6-11(9)10/h2-5H,6H2,1H3,(H,9,10)/p-1. The summed E-state index contributed by atoms with van der Waals surface area (Å²) < 4.78 is 20.6. The molecule has 60 valence electrons. The summed E-state index contributed by atoms with van der Waals surface area (Å²) in [5.41, 5.74) is 1.94. The first kappa shape index (κ1) is 8.43. The molecule has 0 aliphatic carbocycles. The Morgan fingerprint density at radius 3 is 2.82 bits per heavy atom. The van der Waals surface area contributed by atoms with Crippen molar-refractivity contribution < 1.29 is 8.76 Å². The summed E-state index contributed by atoms with van der Waals surface area (Å²) >= 11 is -1.97. The third kappa shape index (κ3) is 2.82. The van der Waals surface area contributed by atoms with E-state index >= 15 is 0 Å². The van der Waals surface area contributed by atoms with E-state index in [4.69, 9.17) is 0 Å². The lowest BCUT2D eigenvalue weighted by Gasteiger charge is -2.04. The maximum Gasteiger partial charge on any atom is 0.0353 e. The zero-order valence-corrected chi connectivity index (χ0v) is 7.06. The third-order valence-electron chi connectivity index (χ3n) is 1.37. The van der Waals surface area contributed by atoms with Gasteiger partial charge in [-0.05, 0) is 12.5 Å². The molecule has 0 saturated carbocycles. The van der Waals surface area contributed by atoms with Gasteiger partial charge in [-0.25, -0.2) is 0 Å². The van der Waals surface area contributed by atoms with Gasteiger partial charge >= 0.3 is 0 Å². The smallest absolute Gasteiger partial charge is 0.0353 e. The van der Waals surface area contributed by atoms with Crippen molar-refractivity contribution >= 4 is 11.1 Å². The van der Waals surface area contributed by atoms with Crippen molar-refractivity contribution in [3.8, 4) is 0 Å². The van der Waals surface area contributed by atoms with Crippen molar-refractivity contribution in [2.75, 3.05) is 0 Å². The summed E-state index contributed by atoms with van der Waals surface area (Å²) in [5, 5.41) is 0. The SMILES string of the molecule is Cc1cccc(CS(=O)[O-])c1. The molecule has 0 heterocycles. The molecule has 0 fully saturated rings. The lowest BCUT2D eigenvalue weighted by molar-refractivity contribution is 0.536. The van der Waals surface area contributed by atoms with Gasteiger partial charge in [-0.2, -0.15) is 0 Å². The van der Waals surface area contributed by atoms with Gasteiger partial charge in [0.2, 0.25) is 0 Å². The average molecular weight is 169 g/mol. The summed E-state index contributed by atoms with van der Waals surface area (Å²) in [7, 11) is 0. The zero-order valence-electron chi connectivity index (χ0n) is 6.24. The second-order valence-electron chi connectivity index (χ2n) is 2.44. The lowest BCUT2D eigenvalue weighted by atomic mass is 10.2. The van der Waals surface area contributed by atoms with E-state index in [2.05, 4.69) is 0 Å². The van der Waals surface area contributed by atoms with Gasteiger partial charge in [-0.15, -0.1) is 0 Å². The summed E-state index contributed by atoms with van der Waals surface area (Å²) in [6, 6.07) is 7.48. The number of hydrogen-bond acceptors (Lipinski definition) is 2. The van der Waals surface area contributed by atoms with Crippen LogP contribution in [-0.4, -0.2) is 8.76 Å². The molecule has 0 N–H and O–H groups in total. The van der Waals surface area contributed by atoms with Crippen molar-refractivity contribution in [2.45, 2.75) is 12.7 Å². The minimum Gasteiger partial charge on any atom is -0.772 e. The van der Waals surface area contributed by atoms with E-state index in [1.807, 2.05) is 31.2 Å². The summed E-state index contributed by atoms with van der Waals surface area (Å²) in [5.74, 6) is 0.113. The first-order valence-corrected chi connectivity index (χ1v) is 4.54. The van der Waals surface area contributed by atoms with Gasteiger partial charge < -0.3 is 4.55 Å². The molecule has 0 saturated heterocycles. The highest BCUT2D eigenvalue weighted by atomic mass is 32.2. The van der Waals surface area contributed by atoms with Crippen LogP contribution in [0.15, 0.2) is 24.3 Å². The fraction of sp³-hybridized carbons (Fsp3) is 0.250. The van der Waals surface area contributed by atoms with Gasteiger partial charge in [-0.3, -0.25) is 4.21 Å². The highest BCUT2D eigenvalue weighted by Crippen LogP contribution is 2.05. The van der Waals surface area contributed by atoms with Crippen LogP contribution in [0.1, 0.15) is 11.1 Å². The Morgan fingerprint density at radius 1 is 1.55 bits per heavy atom. The monoisotopic (exact) mass is 169 g/mol. The van der Waals surface area contributed by atoms with Crippen LogP contribution in [0, 0.1) is 6.92 Å². The molecule has 1 aromatic carbocycles. The Balaban J connectivity index is 2.79. The molecule has 3 heteroatoms. The molecular formula is C8H9O2S-. The molecule has 0 bridgehead atoms. The van der Waals surface area contributed by atoms with Gasteiger partial charge in [0.1, 0.15) is 0 Å². The van der Waals surface area contributed by atoms with Crippen LogP contribution in [0.25, 0.3) is 0 Å². The summed E-state index contributed by atoms with van der Waals surface area (Å²) in [4.78, 5) is 0. The van der Waals surface area contributed by atoms with E-state index in [1.165, 1.54) is 0 Å². The van der Waals surface area contributed by atoms with Crippen molar-refractivity contribution in [2.24, 2.45) is 0 Å². The molecular weight excluding hydrogens is 160 g/mol. The van der Waals surface area contributed by atoms with Crippen LogP contribution in [-0.2, 0) is 16.8 Å². The number of hydrogen-bond donors (Lipinski definition) is 0. The van der Waals surface area contributed by atoms with E-state index in [9.17, 15) is 8.76 Å². The zero-order chi connectivity index (χ0) is 8.27. The van der Waals surface area contributed by atoms with Gasteiger partial charge in [0.25, 0.3) is 0 Å². The molecule has 1 aromatic rings. The second-order valence-corrected chi connectivity index (χ2v) is 3.33. The quantitative estimate of drug-likeness (QED) is 0.627. The molecule has 2 nitrogen and oxygen atoms in total. The van der Waals surface area contributed by atoms with Crippen molar-refractivity contribution in [1.82, 2.24) is 0 Å². The predicted octanol–water partition coefficient (Wildman–Crippen LogP) is 1.37. The van der Waals surface area contributed by atoms with E-state index in [0.717, 1.165) is 11.1 Å². The molecule has 0 aliphatic rings. The fourth-order valence-electron chi connectivity index (χ4n) is 0.938. The molecule has 1 unspecified atom stereocenters. The Hall–Kier alpha value is -0.670. The minimum absolute atomic E-state index is 0.113. The number of aryl methyl sites for hydroxylation is 1. The number of rotatable bonds is 2. The van der Waals surface area contributed by atoms with Crippen LogP contribution in [0.3, 0.4) is 0 Å². The van der Waals surface area contributed by atoms with Gasteiger partial charge in [0.05, 0.1) is 0 Å². The first-order valence-electron chi connectivity index (χ1n) is 3.30. The van der Waals surface area contributed by atoms with Crippen LogP contribution in [0.2, 0.25) is 0 Å². The third-order valence-corrected chi connectivity index (χ3v) is 1.94. The average Bonchev–Trinajstić information content (AvgIpc) is 1.85. The first-order chi connectivity index (χ1) is 5.18. The normalized spacial score (nSPS) is 12.9. The molecule has 0 amide bonds.